The summed E-state index contributed by atoms with van der Waals surface area (Å²) < 4.78 is 1.13. The fourth-order valence-electron chi connectivity index (χ4n) is 1.42. The lowest BCUT2D eigenvalue weighted by atomic mass is 10.2. The van der Waals surface area contributed by atoms with Crippen molar-refractivity contribution in [3.05, 3.63) is 20.8 Å². The van der Waals surface area contributed by atoms with Crippen LogP contribution in [-0.4, -0.2) is 23.7 Å². The predicted molar refractivity (Wildman–Crippen MR) is 74.3 cm³/mol. The van der Waals surface area contributed by atoms with Crippen LogP contribution in [0.4, 0.5) is 0 Å². The SMILES string of the molecule is CC(O)CCNC(=O)CCCc1ccc(Br)s1. The summed E-state index contributed by atoms with van der Waals surface area (Å²) in [5, 5.41) is 11.8. The molecule has 17 heavy (non-hydrogen) atoms. The summed E-state index contributed by atoms with van der Waals surface area (Å²) >= 11 is 5.13. The van der Waals surface area contributed by atoms with Crippen molar-refractivity contribution in [3.63, 3.8) is 0 Å². The van der Waals surface area contributed by atoms with Crippen molar-refractivity contribution >= 4 is 33.2 Å². The third-order valence-corrected chi connectivity index (χ3v) is 4.02. The number of aliphatic hydroxyl groups is 1. The monoisotopic (exact) mass is 319 g/mol. The molecule has 2 N–H and O–H groups in total. The van der Waals surface area contributed by atoms with Crippen LogP contribution in [0.15, 0.2) is 15.9 Å². The lowest BCUT2D eigenvalue weighted by molar-refractivity contribution is -0.121. The normalized spacial score (nSPS) is 12.4. The van der Waals surface area contributed by atoms with Gasteiger partial charge in [-0.25, -0.2) is 0 Å². The third-order valence-electron chi connectivity index (χ3n) is 2.34. The highest BCUT2D eigenvalue weighted by molar-refractivity contribution is 9.11. The number of aryl methyl sites for hydroxylation is 1. The van der Waals surface area contributed by atoms with E-state index in [1.54, 1.807) is 18.3 Å². The minimum Gasteiger partial charge on any atom is -0.393 e. The zero-order valence-electron chi connectivity index (χ0n) is 9.91. The molecular weight excluding hydrogens is 302 g/mol. The second-order valence-electron chi connectivity index (χ2n) is 4.05. The lowest BCUT2D eigenvalue weighted by Crippen LogP contribution is -2.26. The van der Waals surface area contributed by atoms with Crippen LogP contribution >= 0.6 is 27.3 Å². The molecule has 0 aliphatic carbocycles. The zero-order chi connectivity index (χ0) is 12.7. The van der Waals surface area contributed by atoms with Crippen molar-refractivity contribution in [2.75, 3.05) is 6.54 Å². The molecular formula is C12H18BrNO2S. The number of aliphatic hydroxyl groups excluding tert-OH is 1. The Hall–Kier alpha value is -0.390. The molecule has 0 bridgehead atoms. The standard InChI is InChI=1S/C12H18BrNO2S/c1-9(15)7-8-14-12(16)4-2-3-10-5-6-11(13)17-10/h5-6,9,15H,2-4,7-8H2,1H3,(H,14,16). The minimum absolute atomic E-state index is 0.0706. The first-order valence-electron chi connectivity index (χ1n) is 5.77. The van der Waals surface area contributed by atoms with Crippen LogP contribution in [0.5, 0.6) is 0 Å². The molecule has 1 heterocycles. The average molecular weight is 320 g/mol. The van der Waals surface area contributed by atoms with E-state index in [0.717, 1.165) is 16.6 Å². The van der Waals surface area contributed by atoms with Crippen molar-refractivity contribution in [1.82, 2.24) is 5.32 Å². The maximum Gasteiger partial charge on any atom is 0.220 e. The van der Waals surface area contributed by atoms with E-state index in [0.29, 0.717) is 19.4 Å². The number of nitrogens with one attached hydrogen (secondary N) is 1. The summed E-state index contributed by atoms with van der Waals surface area (Å²) in [6, 6.07) is 4.11. The van der Waals surface area contributed by atoms with Crippen molar-refractivity contribution < 1.29 is 9.90 Å². The van der Waals surface area contributed by atoms with Gasteiger partial charge < -0.3 is 10.4 Å². The van der Waals surface area contributed by atoms with Gasteiger partial charge in [0.25, 0.3) is 0 Å². The molecule has 1 aromatic heterocycles. The second-order valence-corrected chi connectivity index (χ2v) is 6.59. The second kappa shape index (κ2) is 7.84. The number of halogens is 1. The summed E-state index contributed by atoms with van der Waals surface area (Å²) in [4.78, 5) is 12.7. The quantitative estimate of drug-likeness (QED) is 0.811. The van der Waals surface area contributed by atoms with Gasteiger partial charge in [-0.05, 0) is 54.2 Å². The van der Waals surface area contributed by atoms with Gasteiger partial charge >= 0.3 is 0 Å². The van der Waals surface area contributed by atoms with Gasteiger partial charge in [-0.15, -0.1) is 11.3 Å². The van der Waals surface area contributed by atoms with Gasteiger partial charge in [0.2, 0.25) is 5.91 Å². The van der Waals surface area contributed by atoms with Crippen LogP contribution in [-0.2, 0) is 11.2 Å². The van der Waals surface area contributed by atoms with Gasteiger partial charge in [0.05, 0.1) is 9.89 Å². The minimum atomic E-state index is -0.348. The summed E-state index contributed by atoms with van der Waals surface area (Å²) in [6.07, 6.45) is 2.63. The van der Waals surface area contributed by atoms with Gasteiger partial charge in [-0.3, -0.25) is 4.79 Å². The highest BCUT2D eigenvalue weighted by atomic mass is 79.9. The topological polar surface area (TPSA) is 49.3 Å². The number of thiophene rings is 1. The van der Waals surface area contributed by atoms with Crippen LogP contribution in [0.2, 0.25) is 0 Å². The van der Waals surface area contributed by atoms with Crippen LogP contribution in [0.1, 0.15) is 31.1 Å². The number of carbonyl (C=O) groups is 1. The van der Waals surface area contributed by atoms with E-state index in [1.165, 1.54) is 4.88 Å². The summed E-state index contributed by atoms with van der Waals surface area (Å²) in [7, 11) is 0. The molecule has 1 atom stereocenters. The van der Waals surface area contributed by atoms with E-state index in [-0.39, 0.29) is 12.0 Å². The van der Waals surface area contributed by atoms with Gasteiger partial charge in [-0.1, -0.05) is 0 Å². The van der Waals surface area contributed by atoms with Crippen LogP contribution in [0.3, 0.4) is 0 Å². The smallest absolute Gasteiger partial charge is 0.220 e. The molecule has 0 aliphatic heterocycles. The predicted octanol–water partition coefficient (Wildman–Crippen LogP) is 2.72. The van der Waals surface area contributed by atoms with Gasteiger partial charge in [0.1, 0.15) is 0 Å². The molecule has 0 aliphatic rings. The Kier molecular flexibility index (Phi) is 6.77. The molecule has 0 radical (unpaired) electrons. The Labute approximate surface area is 114 Å². The van der Waals surface area contributed by atoms with E-state index < -0.39 is 0 Å². The van der Waals surface area contributed by atoms with Gasteiger partial charge in [-0.2, -0.15) is 0 Å². The number of hydrogen-bond donors (Lipinski definition) is 2. The number of carbonyl (C=O) groups excluding carboxylic acids is 1. The highest BCUT2D eigenvalue weighted by Crippen LogP contribution is 2.23. The van der Waals surface area contributed by atoms with E-state index in [2.05, 4.69) is 27.3 Å². The van der Waals surface area contributed by atoms with E-state index in [9.17, 15) is 4.79 Å². The molecule has 0 spiro atoms. The zero-order valence-corrected chi connectivity index (χ0v) is 12.3. The molecule has 3 nitrogen and oxygen atoms in total. The number of hydrogen-bond acceptors (Lipinski definition) is 3. The summed E-state index contributed by atoms with van der Waals surface area (Å²) in [5.74, 6) is 0.0706. The largest absolute Gasteiger partial charge is 0.393 e. The van der Waals surface area contributed by atoms with Crippen molar-refractivity contribution in [1.29, 1.82) is 0 Å². The Morgan fingerprint density at radius 2 is 2.35 bits per heavy atom. The Morgan fingerprint density at radius 3 is 2.94 bits per heavy atom. The van der Waals surface area contributed by atoms with Crippen LogP contribution in [0.25, 0.3) is 0 Å². The fraction of sp³-hybridized carbons (Fsp3) is 0.583. The lowest BCUT2D eigenvalue weighted by Gasteiger charge is -2.06. The van der Waals surface area contributed by atoms with Crippen molar-refractivity contribution in [2.24, 2.45) is 0 Å². The summed E-state index contributed by atoms with van der Waals surface area (Å²) in [5.41, 5.74) is 0. The Balaban J connectivity index is 2.08. The maximum absolute atomic E-state index is 11.4. The molecule has 0 saturated heterocycles. The van der Waals surface area contributed by atoms with Crippen LogP contribution in [0, 0.1) is 0 Å². The average Bonchev–Trinajstić information content (AvgIpc) is 2.63. The van der Waals surface area contributed by atoms with Crippen molar-refractivity contribution in [3.8, 4) is 0 Å². The maximum atomic E-state index is 11.4. The van der Waals surface area contributed by atoms with E-state index in [1.807, 2.05) is 6.07 Å². The molecule has 1 amide bonds. The molecule has 0 saturated carbocycles. The number of rotatable bonds is 7. The van der Waals surface area contributed by atoms with E-state index in [4.69, 9.17) is 5.11 Å². The molecule has 1 aromatic rings. The molecule has 5 heteroatoms. The molecule has 1 unspecified atom stereocenters. The first kappa shape index (κ1) is 14.7. The fourth-order valence-corrected chi connectivity index (χ4v) is 2.94. The van der Waals surface area contributed by atoms with Crippen molar-refractivity contribution in [2.45, 2.75) is 38.7 Å². The third kappa shape index (κ3) is 6.81. The molecule has 0 fully saturated rings. The first-order valence-corrected chi connectivity index (χ1v) is 7.38. The Morgan fingerprint density at radius 1 is 1.59 bits per heavy atom. The molecule has 96 valence electrons. The van der Waals surface area contributed by atoms with Gasteiger partial charge in [0.15, 0.2) is 0 Å². The van der Waals surface area contributed by atoms with Crippen LogP contribution < -0.4 is 5.32 Å². The van der Waals surface area contributed by atoms with Gasteiger partial charge in [0, 0.05) is 17.8 Å². The number of amides is 1. The van der Waals surface area contributed by atoms with E-state index >= 15 is 0 Å². The highest BCUT2D eigenvalue weighted by Gasteiger charge is 2.03. The summed E-state index contributed by atoms with van der Waals surface area (Å²) in [6.45, 7) is 2.28. The first-order chi connectivity index (χ1) is 8.08. The molecule has 1 rings (SSSR count). The molecule has 0 aromatic carbocycles. The Bertz CT molecular complexity index is 352.